The number of phenolic OH excluding ortho intramolecular Hbond substituents is 1. The summed E-state index contributed by atoms with van der Waals surface area (Å²) in [6, 6.07) is 3.29. The Labute approximate surface area is 201 Å². The molecular weight excluding hydrogens is 442 g/mol. The van der Waals surface area contributed by atoms with Crippen LogP contribution < -0.4 is 10.6 Å². The molecule has 0 aliphatic heterocycles. The zero-order valence-corrected chi connectivity index (χ0v) is 21.2. The molecule has 2 unspecified atom stereocenters. The van der Waals surface area contributed by atoms with Gasteiger partial charge < -0.3 is 30.1 Å². The van der Waals surface area contributed by atoms with Crippen molar-refractivity contribution in [2.45, 2.75) is 72.2 Å². The van der Waals surface area contributed by atoms with E-state index < -0.39 is 54.1 Å². The minimum Gasteiger partial charge on any atom is -0.508 e. The van der Waals surface area contributed by atoms with Crippen molar-refractivity contribution < 1.29 is 33.8 Å². The van der Waals surface area contributed by atoms with Crippen LogP contribution in [0.1, 0.15) is 60.1 Å². The number of ether oxygens (including phenoxy) is 2. The van der Waals surface area contributed by atoms with Crippen molar-refractivity contribution in [1.82, 2.24) is 15.5 Å². The summed E-state index contributed by atoms with van der Waals surface area (Å²) in [6.45, 7) is 11.7. The second-order valence-electron chi connectivity index (χ2n) is 9.50. The van der Waals surface area contributed by atoms with Gasteiger partial charge in [0.15, 0.2) is 0 Å². The summed E-state index contributed by atoms with van der Waals surface area (Å²) in [5.41, 5.74) is -0.422. The summed E-state index contributed by atoms with van der Waals surface area (Å²) >= 11 is 0. The predicted octanol–water partition coefficient (Wildman–Crippen LogP) is 2.51. The van der Waals surface area contributed by atoms with Crippen molar-refractivity contribution in [3.05, 3.63) is 29.8 Å². The van der Waals surface area contributed by atoms with Gasteiger partial charge in [-0.05, 0) is 58.2 Å². The van der Waals surface area contributed by atoms with E-state index in [1.165, 1.54) is 24.1 Å². The number of carbonyl (C=O) groups excluding carboxylic acids is 4. The van der Waals surface area contributed by atoms with Crippen LogP contribution in [0.5, 0.6) is 5.75 Å². The highest BCUT2D eigenvalue weighted by Crippen LogP contribution is 2.28. The number of nitrogens with zero attached hydrogens (tertiary/aromatic N) is 1. The molecule has 0 saturated carbocycles. The number of carbonyl (C=O) groups is 4. The number of nitrogens with one attached hydrogen (secondary N) is 2. The monoisotopic (exact) mass is 479 g/mol. The minimum atomic E-state index is -1.19. The molecule has 34 heavy (non-hydrogen) atoms. The van der Waals surface area contributed by atoms with E-state index in [2.05, 4.69) is 15.4 Å². The molecule has 0 aliphatic carbocycles. The van der Waals surface area contributed by atoms with Gasteiger partial charge in [-0.3, -0.25) is 14.4 Å². The third-order valence-electron chi connectivity index (χ3n) is 4.76. The molecule has 1 rings (SSSR count). The van der Waals surface area contributed by atoms with Crippen LogP contribution in [0.25, 0.3) is 0 Å². The maximum atomic E-state index is 13.7. The molecule has 0 heterocycles. The maximum Gasteiger partial charge on any atom is 0.408 e. The van der Waals surface area contributed by atoms with E-state index in [1.54, 1.807) is 60.6 Å². The van der Waals surface area contributed by atoms with E-state index in [-0.39, 0.29) is 11.7 Å². The number of benzene rings is 1. The molecule has 3 amide bonds. The van der Waals surface area contributed by atoms with Gasteiger partial charge in [0.2, 0.25) is 11.8 Å². The summed E-state index contributed by atoms with van der Waals surface area (Å²) in [4.78, 5) is 52.3. The van der Waals surface area contributed by atoms with Gasteiger partial charge >= 0.3 is 12.1 Å². The van der Waals surface area contributed by atoms with Crippen molar-refractivity contribution in [2.24, 2.45) is 5.92 Å². The normalized spacial score (nSPS) is 13.1. The Bertz CT molecular complexity index is 878. The Balaban J connectivity index is 3.41. The van der Waals surface area contributed by atoms with E-state index >= 15 is 0 Å². The first kappa shape index (κ1) is 28.7. The number of phenols is 1. The number of hydrogen-bond donors (Lipinski definition) is 3. The highest BCUT2D eigenvalue weighted by atomic mass is 16.6. The molecule has 10 nitrogen and oxygen atoms in total. The molecule has 10 heteroatoms. The smallest absolute Gasteiger partial charge is 0.408 e. The predicted molar refractivity (Wildman–Crippen MR) is 126 cm³/mol. The first-order valence-electron chi connectivity index (χ1n) is 11.1. The quantitative estimate of drug-likeness (QED) is 0.463. The molecule has 190 valence electrons. The van der Waals surface area contributed by atoms with Gasteiger partial charge in [0.1, 0.15) is 30.0 Å². The first-order valence-corrected chi connectivity index (χ1v) is 11.1. The van der Waals surface area contributed by atoms with Gasteiger partial charge in [-0.15, -0.1) is 0 Å². The van der Waals surface area contributed by atoms with Crippen LogP contribution in [0.3, 0.4) is 0 Å². The molecule has 1 aromatic carbocycles. The SMILES string of the molecule is COC(=O)CNC(=O)C(c1cccc(O)c1)N(C(=O)C(NC(=O)OC(C)(C)C)C(C)C)C(C)C. The molecule has 0 fully saturated rings. The van der Waals surface area contributed by atoms with Crippen molar-refractivity contribution in [3.63, 3.8) is 0 Å². The second-order valence-corrected chi connectivity index (χ2v) is 9.50. The average Bonchev–Trinajstić information content (AvgIpc) is 2.71. The standard InChI is InChI=1S/C24H37N3O7/c1-14(2)19(26-23(32)34-24(5,6)7)22(31)27(15(3)4)20(16-10-9-11-17(28)12-16)21(30)25-13-18(29)33-8/h9-12,14-15,19-20,28H,13H2,1-8H3,(H,25,30)(H,26,32). The van der Waals surface area contributed by atoms with Gasteiger partial charge in [0.05, 0.1) is 7.11 Å². The lowest BCUT2D eigenvalue weighted by molar-refractivity contribution is -0.146. The Morgan fingerprint density at radius 1 is 1.09 bits per heavy atom. The molecule has 3 N–H and O–H groups in total. The summed E-state index contributed by atoms with van der Waals surface area (Å²) in [6.07, 6.45) is -0.757. The second kappa shape index (κ2) is 12.2. The van der Waals surface area contributed by atoms with Crippen LogP contribution >= 0.6 is 0 Å². The minimum absolute atomic E-state index is 0.0910. The third-order valence-corrected chi connectivity index (χ3v) is 4.76. The Hall–Kier alpha value is -3.30. The number of alkyl carbamates (subject to hydrolysis) is 1. The van der Waals surface area contributed by atoms with Crippen LogP contribution in [-0.4, -0.2) is 65.2 Å². The molecule has 1 aromatic rings. The third kappa shape index (κ3) is 8.57. The maximum absolute atomic E-state index is 13.7. The van der Waals surface area contributed by atoms with E-state index in [1.807, 2.05) is 0 Å². The van der Waals surface area contributed by atoms with Crippen molar-refractivity contribution in [2.75, 3.05) is 13.7 Å². The highest BCUT2D eigenvalue weighted by Gasteiger charge is 2.39. The molecule has 0 spiro atoms. The summed E-state index contributed by atoms with van der Waals surface area (Å²) < 4.78 is 9.89. The zero-order valence-electron chi connectivity index (χ0n) is 21.2. The van der Waals surface area contributed by atoms with Gasteiger partial charge in [0.25, 0.3) is 0 Å². The fourth-order valence-electron chi connectivity index (χ4n) is 3.25. The molecule has 2 atom stereocenters. The Kier molecular flexibility index (Phi) is 10.3. The molecular formula is C24H37N3O7. The van der Waals surface area contributed by atoms with Crippen molar-refractivity contribution in [1.29, 1.82) is 0 Å². The fraction of sp³-hybridized carbons (Fsp3) is 0.583. The number of methoxy groups -OCH3 is 1. The largest absolute Gasteiger partial charge is 0.508 e. The molecule has 0 saturated heterocycles. The van der Waals surface area contributed by atoms with Crippen LogP contribution in [0.4, 0.5) is 4.79 Å². The number of esters is 1. The lowest BCUT2D eigenvalue weighted by atomic mass is 9.97. The van der Waals surface area contributed by atoms with Gasteiger partial charge in [0, 0.05) is 6.04 Å². The van der Waals surface area contributed by atoms with Crippen molar-refractivity contribution >= 4 is 23.9 Å². The van der Waals surface area contributed by atoms with Crippen molar-refractivity contribution in [3.8, 4) is 5.75 Å². The van der Waals surface area contributed by atoms with Crippen LogP contribution in [0, 0.1) is 5.92 Å². The van der Waals surface area contributed by atoms with Crippen LogP contribution in [0.15, 0.2) is 24.3 Å². The van der Waals surface area contributed by atoms with Crippen LogP contribution in [-0.2, 0) is 23.9 Å². The average molecular weight is 480 g/mol. The number of aromatic hydroxyl groups is 1. The van der Waals surface area contributed by atoms with Gasteiger partial charge in [-0.1, -0.05) is 26.0 Å². The lowest BCUT2D eigenvalue weighted by Crippen LogP contribution is -2.56. The van der Waals surface area contributed by atoms with Crippen LogP contribution in [0.2, 0.25) is 0 Å². The number of rotatable bonds is 9. The Morgan fingerprint density at radius 2 is 1.71 bits per heavy atom. The van der Waals surface area contributed by atoms with E-state index in [0.29, 0.717) is 5.56 Å². The molecule has 0 radical (unpaired) electrons. The summed E-state index contributed by atoms with van der Waals surface area (Å²) in [5.74, 6) is -2.23. The Morgan fingerprint density at radius 3 is 2.18 bits per heavy atom. The molecule has 0 bridgehead atoms. The van der Waals surface area contributed by atoms with Gasteiger partial charge in [-0.2, -0.15) is 0 Å². The lowest BCUT2D eigenvalue weighted by Gasteiger charge is -2.38. The number of hydrogen-bond acceptors (Lipinski definition) is 7. The van der Waals surface area contributed by atoms with E-state index in [9.17, 15) is 24.3 Å². The van der Waals surface area contributed by atoms with E-state index in [4.69, 9.17) is 4.74 Å². The van der Waals surface area contributed by atoms with Gasteiger partial charge in [-0.25, -0.2) is 4.79 Å². The highest BCUT2D eigenvalue weighted by molar-refractivity contribution is 5.93. The zero-order chi connectivity index (χ0) is 26.2. The first-order chi connectivity index (χ1) is 15.7. The fourth-order valence-corrected chi connectivity index (χ4v) is 3.25. The summed E-state index contributed by atoms with van der Waals surface area (Å²) in [7, 11) is 1.20. The number of amides is 3. The van der Waals surface area contributed by atoms with E-state index in [0.717, 1.165) is 0 Å². The molecule has 0 aromatic heterocycles. The molecule has 0 aliphatic rings. The summed E-state index contributed by atoms with van der Waals surface area (Å²) in [5, 5.41) is 15.1. The topological polar surface area (TPSA) is 134 Å².